The Morgan fingerprint density at radius 2 is 1.90 bits per heavy atom. The molecule has 0 aliphatic carbocycles. The van der Waals surface area contributed by atoms with Crippen LogP contribution in [0.25, 0.3) is 0 Å². The summed E-state index contributed by atoms with van der Waals surface area (Å²) >= 11 is 0. The van der Waals surface area contributed by atoms with Gasteiger partial charge in [-0.05, 0) is 36.8 Å². The predicted molar refractivity (Wildman–Crippen MR) is 74.2 cm³/mol. The Hall–Kier alpha value is -2.30. The standard InChI is InChI=1S/C15H19NO4/c1-2-3-4-11-20-13-7-5-12(6-8-13)16-14(17)9-10-15(18)19/h5-10H,2-4,11H2,1H3,(H,16,17)(H,18,19)/p-1. The van der Waals surface area contributed by atoms with Crippen molar-refractivity contribution in [2.75, 3.05) is 11.9 Å². The van der Waals surface area contributed by atoms with E-state index in [1.807, 2.05) is 0 Å². The van der Waals surface area contributed by atoms with Crippen molar-refractivity contribution < 1.29 is 19.4 Å². The quantitative estimate of drug-likeness (QED) is 0.576. The average Bonchev–Trinajstić information content (AvgIpc) is 2.43. The van der Waals surface area contributed by atoms with E-state index in [4.69, 9.17) is 4.74 Å². The lowest BCUT2D eigenvalue weighted by atomic mass is 10.2. The molecule has 0 unspecified atom stereocenters. The van der Waals surface area contributed by atoms with Crippen molar-refractivity contribution in [2.24, 2.45) is 0 Å². The Morgan fingerprint density at radius 1 is 1.20 bits per heavy atom. The summed E-state index contributed by atoms with van der Waals surface area (Å²) in [5.41, 5.74) is 0.568. The first-order chi connectivity index (χ1) is 9.61. The van der Waals surface area contributed by atoms with E-state index in [1.165, 1.54) is 0 Å². The molecule has 1 amide bonds. The smallest absolute Gasteiger partial charge is 0.248 e. The Kier molecular flexibility index (Phi) is 6.89. The fraction of sp³-hybridized carbons (Fsp3) is 0.333. The predicted octanol–water partition coefficient (Wildman–Crippen LogP) is 1.50. The Balaban J connectivity index is 2.42. The minimum absolute atomic E-state index is 0.522. The summed E-state index contributed by atoms with van der Waals surface area (Å²) in [6.45, 7) is 2.81. The fourth-order valence-corrected chi connectivity index (χ4v) is 1.50. The highest BCUT2D eigenvalue weighted by molar-refractivity contribution is 6.02. The second kappa shape index (κ2) is 8.74. The largest absolute Gasteiger partial charge is 0.545 e. The molecule has 0 aliphatic rings. The van der Waals surface area contributed by atoms with Crippen LogP contribution in [-0.2, 0) is 9.59 Å². The number of rotatable bonds is 8. The summed E-state index contributed by atoms with van der Waals surface area (Å²) in [4.78, 5) is 21.5. The minimum Gasteiger partial charge on any atom is -0.545 e. The van der Waals surface area contributed by atoms with E-state index < -0.39 is 11.9 Å². The molecule has 0 aromatic heterocycles. The van der Waals surface area contributed by atoms with Crippen molar-refractivity contribution in [1.82, 2.24) is 0 Å². The van der Waals surface area contributed by atoms with Crippen LogP contribution in [0.4, 0.5) is 5.69 Å². The number of unbranched alkanes of at least 4 members (excludes halogenated alkanes) is 2. The summed E-state index contributed by atoms with van der Waals surface area (Å²) in [5.74, 6) is -1.19. The summed E-state index contributed by atoms with van der Waals surface area (Å²) < 4.78 is 5.53. The number of carboxylic acids is 1. The number of anilines is 1. The van der Waals surface area contributed by atoms with Gasteiger partial charge in [0.15, 0.2) is 0 Å². The van der Waals surface area contributed by atoms with Gasteiger partial charge in [0.2, 0.25) is 5.91 Å². The van der Waals surface area contributed by atoms with Crippen LogP contribution in [0.5, 0.6) is 5.75 Å². The third kappa shape index (κ3) is 6.58. The van der Waals surface area contributed by atoms with Gasteiger partial charge in [-0.2, -0.15) is 0 Å². The van der Waals surface area contributed by atoms with Crippen LogP contribution in [0, 0.1) is 0 Å². The lowest BCUT2D eigenvalue weighted by Gasteiger charge is -2.07. The Labute approximate surface area is 118 Å². The first-order valence-corrected chi connectivity index (χ1v) is 6.54. The Bertz CT molecular complexity index is 465. The number of carbonyl (C=O) groups excluding carboxylic acids is 2. The lowest BCUT2D eigenvalue weighted by Crippen LogP contribution is -2.20. The third-order valence-electron chi connectivity index (χ3n) is 2.51. The molecule has 0 radical (unpaired) electrons. The number of aliphatic carboxylic acids is 1. The third-order valence-corrected chi connectivity index (χ3v) is 2.51. The number of carbonyl (C=O) groups is 2. The van der Waals surface area contributed by atoms with E-state index in [0.29, 0.717) is 18.4 Å². The molecule has 0 atom stereocenters. The molecule has 0 heterocycles. The summed E-state index contributed by atoms with van der Waals surface area (Å²) in [6, 6.07) is 6.90. The molecule has 5 nitrogen and oxygen atoms in total. The number of ether oxygens (including phenoxy) is 1. The van der Waals surface area contributed by atoms with Crippen LogP contribution in [0.15, 0.2) is 36.4 Å². The van der Waals surface area contributed by atoms with E-state index in [-0.39, 0.29) is 0 Å². The molecular formula is C15H18NO4-. The number of benzene rings is 1. The number of nitrogens with one attached hydrogen (secondary N) is 1. The fourth-order valence-electron chi connectivity index (χ4n) is 1.50. The average molecular weight is 276 g/mol. The zero-order chi connectivity index (χ0) is 14.8. The van der Waals surface area contributed by atoms with Gasteiger partial charge in [0.1, 0.15) is 5.75 Å². The molecule has 1 N–H and O–H groups in total. The van der Waals surface area contributed by atoms with Gasteiger partial charge in [-0.15, -0.1) is 0 Å². The van der Waals surface area contributed by atoms with Gasteiger partial charge in [0.05, 0.1) is 12.6 Å². The molecule has 0 fully saturated rings. The van der Waals surface area contributed by atoms with Crippen molar-refractivity contribution in [2.45, 2.75) is 26.2 Å². The number of amides is 1. The monoisotopic (exact) mass is 276 g/mol. The highest BCUT2D eigenvalue weighted by atomic mass is 16.5. The maximum Gasteiger partial charge on any atom is 0.248 e. The van der Waals surface area contributed by atoms with E-state index in [0.717, 1.165) is 31.1 Å². The molecule has 0 saturated heterocycles. The van der Waals surface area contributed by atoms with E-state index in [1.54, 1.807) is 24.3 Å². The van der Waals surface area contributed by atoms with Crippen molar-refractivity contribution in [3.8, 4) is 5.75 Å². The van der Waals surface area contributed by atoms with Crippen molar-refractivity contribution in [1.29, 1.82) is 0 Å². The normalized spacial score (nSPS) is 10.4. The van der Waals surface area contributed by atoms with Crippen LogP contribution in [0.3, 0.4) is 0 Å². The van der Waals surface area contributed by atoms with E-state index in [9.17, 15) is 14.7 Å². The highest BCUT2D eigenvalue weighted by Gasteiger charge is 1.99. The maximum absolute atomic E-state index is 11.3. The molecule has 0 spiro atoms. The van der Waals surface area contributed by atoms with Crippen LogP contribution >= 0.6 is 0 Å². The SMILES string of the molecule is CCCCCOc1ccc(NC(=O)C=CC(=O)[O-])cc1. The molecule has 0 saturated carbocycles. The number of hydrogen-bond acceptors (Lipinski definition) is 4. The molecule has 1 aromatic rings. The van der Waals surface area contributed by atoms with Gasteiger partial charge in [0.25, 0.3) is 0 Å². The second-order valence-corrected chi connectivity index (χ2v) is 4.22. The van der Waals surface area contributed by atoms with Gasteiger partial charge in [-0.25, -0.2) is 0 Å². The van der Waals surface area contributed by atoms with E-state index in [2.05, 4.69) is 12.2 Å². The molecule has 1 rings (SSSR count). The first-order valence-electron chi connectivity index (χ1n) is 6.54. The van der Waals surface area contributed by atoms with Gasteiger partial charge in [-0.1, -0.05) is 19.8 Å². The molecule has 0 aliphatic heterocycles. The molecule has 5 heteroatoms. The first kappa shape index (κ1) is 15.8. The second-order valence-electron chi connectivity index (χ2n) is 4.22. The van der Waals surface area contributed by atoms with Gasteiger partial charge in [0, 0.05) is 11.8 Å². The molecule has 1 aromatic carbocycles. The van der Waals surface area contributed by atoms with E-state index >= 15 is 0 Å². The molecule has 0 bridgehead atoms. The summed E-state index contributed by atoms with van der Waals surface area (Å²) in [7, 11) is 0. The van der Waals surface area contributed by atoms with Crippen molar-refractivity contribution in [3.05, 3.63) is 36.4 Å². The maximum atomic E-state index is 11.3. The van der Waals surface area contributed by atoms with Crippen LogP contribution in [0.2, 0.25) is 0 Å². The number of hydrogen-bond donors (Lipinski definition) is 1. The minimum atomic E-state index is -1.41. The zero-order valence-electron chi connectivity index (χ0n) is 11.4. The van der Waals surface area contributed by atoms with Crippen LogP contribution in [-0.4, -0.2) is 18.5 Å². The lowest BCUT2D eigenvalue weighted by molar-refractivity contribution is -0.297. The molecule has 108 valence electrons. The van der Waals surface area contributed by atoms with Gasteiger partial charge < -0.3 is 20.0 Å². The Morgan fingerprint density at radius 3 is 2.50 bits per heavy atom. The summed E-state index contributed by atoms with van der Waals surface area (Å²) in [5, 5.41) is 12.7. The van der Waals surface area contributed by atoms with Crippen LogP contribution in [0.1, 0.15) is 26.2 Å². The van der Waals surface area contributed by atoms with Gasteiger partial charge in [-0.3, -0.25) is 4.79 Å². The topological polar surface area (TPSA) is 78.5 Å². The highest BCUT2D eigenvalue weighted by Crippen LogP contribution is 2.16. The zero-order valence-corrected chi connectivity index (χ0v) is 11.4. The number of carboxylic acid groups (broad SMARTS) is 1. The van der Waals surface area contributed by atoms with Crippen LogP contribution < -0.4 is 15.2 Å². The molecule has 20 heavy (non-hydrogen) atoms. The van der Waals surface area contributed by atoms with Crippen molar-refractivity contribution >= 4 is 17.6 Å². The van der Waals surface area contributed by atoms with Crippen molar-refractivity contribution in [3.63, 3.8) is 0 Å². The van der Waals surface area contributed by atoms with Gasteiger partial charge >= 0.3 is 0 Å². The molecular weight excluding hydrogens is 258 g/mol. The summed E-state index contributed by atoms with van der Waals surface area (Å²) in [6.07, 6.45) is 4.89.